The van der Waals surface area contributed by atoms with Crippen LogP contribution in [0.15, 0.2) is 0 Å². The second-order valence-electron chi connectivity index (χ2n) is 5.91. The zero-order chi connectivity index (χ0) is 11.9. The lowest BCUT2D eigenvalue weighted by atomic mass is 9.91. The summed E-state index contributed by atoms with van der Waals surface area (Å²) < 4.78 is 5.79. The largest absolute Gasteiger partial charge is 0.378 e. The van der Waals surface area contributed by atoms with E-state index in [0.29, 0.717) is 6.10 Å². The lowest BCUT2D eigenvalue weighted by Gasteiger charge is -2.23. The van der Waals surface area contributed by atoms with Gasteiger partial charge in [-0.05, 0) is 51.0 Å². The standard InChI is InChI=1S/C15H29NO/c1-2-9-16-14-7-4-3-6-13(11-14)12-15-8-5-10-17-15/h13-16H,2-12H2,1H3. The highest BCUT2D eigenvalue weighted by Crippen LogP contribution is 2.30. The predicted molar refractivity (Wildman–Crippen MR) is 72.2 cm³/mol. The predicted octanol–water partition coefficient (Wildman–Crippen LogP) is 3.50. The van der Waals surface area contributed by atoms with Gasteiger partial charge in [0.05, 0.1) is 6.10 Å². The lowest BCUT2D eigenvalue weighted by molar-refractivity contribution is 0.0858. The summed E-state index contributed by atoms with van der Waals surface area (Å²) >= 11 is 0. The fraction of sp³-hybridized carbons (Fsp3) is 1.00. The van der Waals surface area contributed by atoms with Crippen LogP contribution in [0.3, 0.4) is 0 Å². The third-order valence-corrected chi connectivity index (χ3v) is 4.34. The molecule has 0 aromatic heterocycles. The first-order valence-electron chi connectivity index (χ1n) is 7.73. The molecule has 0 spiro atoms. The van der Waals surface area contributed by atoms with Crippen molar-refractivity contribution in [3.05, 3.63) is 0 Å². The van der Waals surface area contributed by atoms with Gasteiger partial charge in [0.15, 0.2) is 0 Å². The highest BCUT2D eigenvalue weighted by atomic mass is 16.5. The van der Waals surface area contributed by atoms with E-state index >= 15 is 0 Å². The molecule has 0 amide bonds. The Morgan fingerprint density at radius 3 is 2.76 bits per heavy atom. The number of nitrogens with one attached hydrogen (secondary N) is 1. The summed E-state index contributed by atoms with van der Waals surface area (Å²) in [7, 11) is 0. The Labute approximate surface area is 107 Å². The van der Waals surface area contributed by atoms with Gasteiger partial charge in [0.2, 0.25) is 0 Å². The third kappa shape index (κ3) is 4.59. The van der Waals surface area contributed by atoms with Crippen LogP contribution in [0.1, 0.15) is 64.7 Å². The Kier molecular flexibility index (Phi) is 5.79. The Morgan fingerprint density at radius 1 is 1.12 bits per heavy atom. The second kappa shape index (κ2) is 7.38. The van der Waals surface area contributed by atoms with Crippen molar-refractivity contribution in [1.29, 1.82) is 0 Å². The van der Waals surface area contributed by atoms with E-state index in [1.165, 1.54) is 64.3 Å². The molecule has 1 saturated carbocycles. The first-order chi connectivity index (χ1) is 8.38. The van der Waals surface area contributed by atoms with Gasteiger partial charge in [0, 0.05) is 12.6 Å². The summed E-state index contributed by atoms with van der Waals surface area (Å²) in [5, 5.41) is 3.73. The molecule has 0 bridgehead atoms. The van der Waals surface area contributed by atoms with Gasteiger partial charge in [0.25, 0.3) is 0 Å². The van der Waals surface area contributed by atoms with Crippen LogP contribution in [0, 0.1) is 5.92 Å². The van der Waals surface area contributed by atoms with Crippen molar-refractivity contribution in [3.8, 4) is 0 Å². The molecule has 0 aromatic carbocycles. The molecule has 2 nitrogen and oxygen atoms in total. The molecule has 17 heavy (non-hydrogen) atoms. The van der Waals surface area contributed by atoms with Crippen molar-refractivity contribution in [2.75, 3.05) is 13.2 Å². The molecule has 100 valence electrons. The van der Waals surface area contributed by atoms with E-state index in [1.807, 2.05) is 0 Å². The monoisotopic (exact) mass is 239 g/mol. The van der Waals surface area contributed by atoms with Gasteiger partial charge in [-0.2, -0.15) is 0 Å². The minimum absolute atomic E-state index is 0.588. The topological polar surface area (TPSA) is 21.3 Å². The molecule has 3 atom stereocenters. The van der Waals surface area contributed by atoms with Crippen molar-refractivity contribution in [2.45, 2.75) is 76.9 Å². The molecule has 1 aliphatic carbocycles. The Bertz CT molecular complexity index is 201. The van der Waals surface area contributed by atoms with Gasteiger partial charge in [0.1, 0.15) is 0 Å². The van der Waals surface area contributed by atoms with Gasteiger partial charge >= 0.3 is 0 Å². The molecule has 1 saturated heterocycles. The van der Waals surface area contributed by atoms with E-state index in [-0.39, 0.29) is 0 Å². The van der Waals surface area contributed by atoms with Crippen LogP contribution >= 0.6 is 0 Å². The fourth-order valence-electron chi connectivity index (χ4n) is 3.41. The van der Waals surface area contributed by atoms with Gasteiger partial charge in [-0.3, -0.25) is 0 Å². The smallest absolute Gasteiger partial charge is 0.0578 e. The SMILES string of the molecule is CCCNC1CCCCC(CC2CCCO2)C1. The van der Waals surface area contributed by atoms with Crippen LogP contribution in [-0.4, -0.2) is 25.3 Å². The first-order valence-corrected chi connectivity index (χ1v) is 7.73. The normalized spacial score (nSPS) is 34.8. The van der Waals surface area contributed by atoms with Gasteiger partial charge in [-0.1, -0.05) is 26.2 Å². The van der Waals surface area contributed by atoms with Crippen LogP contribution in [0.25, 0.3) is 0 Å². The molecule has 1 heterocycles. The Hall–Kier alpha value is -0.0800. The Morgan fingerprint density at radius 2 is 2.00 bits per heavy atom. The molecule has 0 radical (unpaired) electrons. The van der Waals surface area contributed by atoms with Crippen molar-refractivity contribution in [1.82, 2.24) is 5.32 Å². The summed E-state index contributed by atoms with van der Waals surface area (Å²) in [6.07, 6.45) is 12.8. The maximum atomic E-state index is 5.79. The summed E-state index contributed by atoms with van der Waals surface area (Å²) in [5.41, 5.74) is 0. The van der Waals surface area contributed by atoms with Crippen LogP contribution in [-0.2, 0) is 4.74 Å². The van der Waals surface area contributed by atoms with Crippen LogP contribution in [0.5, 0.6) is 0 Å². The van der Waals surface area contributed by atoms with Crippen molar-refractivity contribution in [2.24, 2.45) is 5.92 Å². The van der Waals surface area contributed by atoms with Gasteiger partial charge < -0.3 is 10.1 Å². The highest BCUT2D eigenvalue weighted by molar-refractivity contribution is 4.79. The maximum absolute atomic E-state index is 5.79. The zero-order valence-electron chi connectivity index (χ0n) is 11.4. The molecule has 2 heteroatoms. The van der Waals surface area contributed by atoms with Crippen molar-refractivity contribution in [3.63, 3.8) is 0 Å². The van der Waals surface area contributed by atoms with Crippen LogP contribution < -0.4 is 5.32 Å². The van der Waals surface area contributed by atoms with E-state index < -0.39 is 0 Å². The molecule has 2 rings (SSSR count). The molecule has 0 aromatic rings. The molecule has 1 N–H and O–H groups in total. The van der Waals surface area contributed by atoms with Gasteiger partial charge in [-0.15, -0.1) is 0 Å². The maximum Gasteiger partial charge on any atom is 0.0578 e. The average Bonchev–Trinajstić information content (AvgIpc) is 2.73. The van der Waals surface area contributed by atoms with E-state index in [4.69, 9.17) is 4.74 Å². The third-order valence-electron chi connectivity index (χ3n) is 4.34. The molecule has 3 unspecified atom stereocenters. The first kappa shape index (κ1) is 13.4. The number of hydrogen-bond acceptors (Lipinski definition) is 2. The minimum atomic E-state index is 0.588. The zero-order valence-corrected chi connectivity index (χ0v) is 11.4. The summed E-state index contributed by atoms with van der Waals surface area (Å²) in [6.45, 7) is 4.46. The number of ether oxygens (including phenoxy) is 1. The van der Waals surface area contributed by atoms with Gasteiger partial charge in [-0.25, -0.2) is 0 Å². The summed E-state index contributed by atoms with van der Waals surface area (Å²) in [5.74, 6) is 0.912. The van der Waals surface area contributed by atoms with E-state index in [2.05, 4.69) is 12.2 Å². The molecule has 2 fully saturated rings. The number of rotatable bonds is 5. The highest BCUT2D eigenvalue weighted by Gasteiger charge is 2.24. The van der Waals surface area contributed by atoms with E-state index in [0.717, 1.165) is 18.6 Å². The molecule has 1 aliphatic heterocycles. The molecular formula is C15H29NO. The van der Waals surface area contributed by atoms with E-state index in [9.17, 15) is 0 Å². The van der Waals surface area contributed by atoms with Crippen molar-refractivity contribution >= 4 is 0 Å². The van der Waals surface area contributed by atoms with Crippen LogP contribution in [0.4, 0.5) is 0 Å². The molecule has 2 aliphatic rings. The minimum Gasteiger partial charge on any atom is -0.378 e. The van der Waals surface area contributed by atoms with Crippen molar-refractivity contribution < 1.29 is 4.74 Å². The van der Waals surface area contributed by atoms with E-state index in [1.54, 1.807) is 0 Å². The Balaban J connectivity index is 1.75. The van der Waals surface area contributed by atoms with Crippen LogP contribution in [0.2, 0.25) is 0 Å². The quantitative estimate of drug-likeness (QED) is 0.741. The average molecular weight is 239 g/mol. The summed E-state index contributed by atoms with van der Waals surface area (Å²) in [6, 6.07) is 0.781. The fourth-order valence-corrected chi connectivity index (χ4v) is 3.41. The summed E-state index contributed by atoms with van der Waals surface area (Å²) in [4.78, 5) is 0. The second-order valence-corrected chi connectivity index (χ2v) is 5.91. The number of hydrogen-bond donors (Lipinski definition) is 1. The lowest BCUT2D eigenvalue weighted by Crippen LogP contribution is -2.31. The molecular weight excluding hydrogens is 210 g/mol.